The van der Waals surface area contributed by atoms with E-state index in [1.54, 1.807) is 0 Å². The molecule has 10 heavy (non-hydrogen) atoms. The molecule has 0 fully saturated rings. The van der Waals surface area contributed by atoms with Crippen LogP contribution in [-0.4, -0.2) is 0 Å². The molecule has 0 spiro atoms. The lowest BCUT2D eigenvalue weighted by molar-refractivity contribution is 0.504. The Morgan fingerprint density at radius 2 is 2.20 bits per heavy atom. The third-order valence-electron chi connectivity index (χ3n) is 1.20. The van der Waals surface area contributed by atoms with Crippen molar-refractivity contribution in [2.45, 2.75) is 27.2 Å². The second-order valence-electron chi connectivity index (χ2n) is 2.99. The van der Waals surface area contributed by atoms with Crippen LogP contribution in [0.3, 0.4) is 0 Å². The average Bonchev–Trinajstić information content (AvgIpc) is 1.85. The van der Waals surface area contributed by atoms with Crippen LogP contribution >= 0.6 is 22.6 Å². The van der Waals surface area contributed by atoms with Gasteiger partial charge in [0.05, 0.1) is 11.5 Å². The summed E-state index contributed by atoms with van der Waals surface area (Å²) in [4.78, 5) is 0. The van der Waals surface area contributed by atoms with Gasteiger partial charge in [-0.15, -0.1) is 0 Å². The molecule has 0 aliphatic heterocycles. The van der Waals surface area contributed by atoms with E-state index in [0.29, 0.717) is 0 Å². The first-order chi connectivity index (χ1) is 4.48. The van der Waals surface area contributed by atoms with E-state index in [1.165, 1.54) is 3.58 Å². The normalized spacial score (nSPS) is 12.9. The predicted molar refractivity (Wildman–Crippen MR) is 51.8 cm³/mol. The largest absolute Gasteiger partial charge is 0.198 e. The highest BCUT2D eigenvalue weighted by molar-refractivity contribution is 14.1. The van der Waals surface area contributed by atoms with Crippen molar-refractivity contribution in [3.8, 4) is 6.07 Å². The zero-order valence-corrected chi connectivity index (χ0v) is 8.77. The molecule has 2 heteroatoms. The van der Waals surface area contributed by atoms with E-state index in [9.17, 15) is 0 Å². The molecule has 0 unspecified atom stereocenters. The SMILES string of the molecule is C/C(I)=C/CC(C)(C)C#N. The summed E-state index contributed by atoms with van der Waals surface area (Å²) in [7, 11) is 0. The van der Waals surface area contributed by atoms with Crippen LogP contribution in [0.5, 0.6) is 0 Å². The summed E-state index contributed by atoms with van der Waals surface area (Å²) in [6, 6.07) is 2.25. The van der Waals surface area contributed by atoms with Gasteiger partial charge in [-0.3, -0.25) is 0 Å². The van der Waals surface area contributed by atoms with Crippen LogP contribution in [0.15, 0.2) is 9.66 Å². The molecule has 0 heterocycles. The molecule has 1 nitrogen and oxygen atoms in total. The molecule has 56 valence electrons. The molecule has 0 rings (SSSR count). The predicted octanol–water partition coefficient (Wildman–Crippen LogP) is 3.27. The fraction of sp³-hybridized carbons (Fsp3) is 0.625. The third kappa shape index (κ3) is 4.80. The summed E-state index contributed by atoms with van der Waals surface area (Å²) >= 11 is 2.25. The van der Waals surface area contributed by atoms with Crippen LogP contribution < -0.4 is 0 Å². The standard InChI is InChI=1S/C8H12IN/c1-7(9)4-5-8(2,3)6-10/h4H,5H2,1-3H3/b7-4-. The Labute approximate surface area is 76.3 Å². The molecule has 0 saturated carbocycles. The van der Waals surface area contributed by atoms with E-state index in [0.717, 1.165) is 6.42 Å². The highest BCUT2D eigenvalue weighted by Gasteiger charge is 2.13. The van der Waals surface area contributed by atoms with Gasteiger partial charge in [-0.2, -0.15) is 5.26 Å². The van der Waals surface area contributed by atoms with Gasteiger partial charge in [-0.25, -0.2) is 0 Å². The van der Waals surface area contributed by atoms with Crippen LogP contribution in [0.4, 0.5) is 0 Å². The zero-order valence-electron chi connectivity index (χ0n) is 6.61. The number of nitrogens with zero attached hydrogens (tertiary/aromatic N) is 1. The molecule has 0 bridgehead atoms. The first-order valence-corrected chi connectivity index (χ1v) is 4.29. The summed E-state index contributed by atoms with van der Waals surface area (Å²) in [5.41, 5.74) is -0.202. The van der Waals surface area contributed by atoms with Crippen molar-refractivity contribution >= 4 is 22.6 Å². The van der Waals surface area contributed by atoms with Gasteiger partial charge in [-0.1, -0.05) is 6.08 Å². The van der Waals surface area contributed by atoms with E-state index in [1.807, 2.05) is 20.8 Å². The van der Waals surface area contributed by atoms with Gasteiger partial charge in [0.15, 0.2) is 0 Å². The molecule has 0 aromatic rings. The number of nitriles is 1. The van der Waals surface area contributed by atoms with Crippen molar-refractivity contribution in [1.82, 2.24) is 0 Å². The Balaban J connectivity index is 3.94. The van der Waals surface area contributed by atoms with E-state index in [4.69, 9.17) is 5.26 Å². The maximum absolute atomic E-state index is 8.63. The summed E-state index contributed by atoms with van der Waals surface area (Å²) < 4.78 is 1.25. The minimum absolute atomic E-state index is 0.202. The molecule has 0 aromatic carbocycles. The van der Waals surface area contributed by atoms with Gasteiger partial charge in [0.25, 0.3) is 0 Å². The van der Waals surface area contributed by atoms with Crippen molar-refractivity contribution < 1.29 is 0 Å². The molecule has 0 aromatic heterocycles. The fourth-order valence-electron chi connectivity index (χ4n) is 0.441. The first kappa shape index (κ1) is 9.96. The van der Waals surface area contributed by atoms with Crippen LogP contribution in [0, 0.1) is 16.7 Å². The lowest BCUT2D eigenvalue weighted by atomic mass is 9.91. The number of hydrogen-bond donors (Lipinski definition) is 0. The molecule has 0 aliphatic rings. The second-order valence-corrected chi connectivity index (χ2v) is 4.69. The summed E-state index contributed by atoms with van der Waals surface area (Å²) in [5, 5.41) is 8.63. The Morgan fingerprint density at radius 1 is 1.70 bits per heavy atom. The maximum atomic E-state index is 8.63. The smallest absolute Gasteiger partial charge is 0.0687 e. The lowest BCUT2D eigenvalue weighted by Gasteiger charge is -2.10. The van der Waals surface area contributed by atoms with Gasteiger partial charge >= 0.3 is 0 Å². The van der Waals surface area contributed by atoms with E-state index in [2.05, 4.69) is 34.7 Å². The molecule has 0 amide bonds. The van der Waals surface area contributed by atoms with Crippen LogP contribution in [0.2, 0.25) is 0 Å². The molecule has 0 N–H and O–H groups in total. The van der Waals surface area contributed by atoms with Gasteiger partial charge in [-0.05, 0) is 53.4 Å². The van der Waals surface area contributed by atoms with Crippen molar-refractivity contribution in [2.24, 2.45) is 5.41 Å². The maximum Gasteiger partial charge on any atom is 0.0687 e. The molecular weight excluding hydrogens is 237 g/mol. The third-order valence-corrected chi connectivity index (χ3v) is 1.64. The second kappa shape index (κ2) is 3.97. The van der Waals surface area contributed by atoms with Crippen molar-refractivity contribution in [2.75, 3.05) is 0 Å². The van der Waals surface area contributed by atoms with Gasteiger partial charge in [0.1, 0.15) is 0 Å². The number of allylic oxidation sites excluding steroid dienone is 2. The molecule has 0 atom stereocenters. The Morgan fingerprint density at radius 3 is 2.50 bits per heavy atom. The molecule has 0 saturated heterocycles. The fourth-order valence-corrected chi connectivity index (χ4v) is 0.662. The summed E-state index contributed by atoms with van der Waals surface area (Å²) in [6.07, 6.45) is 2.93. The van der Waals surface area contributed by atoms with Gasteiger partial charge < -0.3 is 0 Å². The van der Waals surface area contributed by atoms with Gasteiger partial charge in [0.2, 0.25) is 0 Å². The number of rotatable bonds is 2. The molecular formula is C8H12IN. The lowest BCUT2D eigenvalue weighted by Crippen LogP contribution is -2.05. The summed E-state index contributed by atoms with van der Waals surface area (Å²) in [5.74, 6) is 0. The molecule has 0 aliphatic carbocycles. The van der Waals surface area contributed by atoms with Crippen molar-refractivity contribution in [1.29, 1.82) is 5.26 Å². The minimum Gasteiger partial charge on any atom is -0.198 e. The zero-order chi connectivity index (χ0) is 8.20. The van der Waals surface area contributed by atoms with Crippen LogP contribution in [-0.2, 0) is 0 Å². The quantitative estimate of drug-likeness (QED) is 0.689. The summed E-state index contributed by atoms with van der Waals surface area (Å²) in [6.45, 7) is 5.93. The van der Waals surface area contributed by atoms with Crippen molar-refractivity contribution in [3.05, 3.63) is 9.66 Å². The Bertz CT molecular complexity index is 170. The van der Waals surface area contributed by atoms with Crippen LogP contribution in [0.1, 0.15) is 27.2 Å². The van der Waals surface area contributed by atoms with Gasteiger partial charge in [0, 0.05) is 0 Å². The number of halogens is 1. The number of hydrogen-bond acceptors (Lipinski definition) is 1. The monoisotopic (exact) mass is 249 g/mol. The van der Waals surface area contributed by atoms with E-state index >= 15 is 0 Å². The highest BCUT2D eigenvalue weighted by atomic mass is 127. The Hall–Kier alpha value is -0.0400. The van der Waals surface area contributed by atoms with Crippen molar-refractivity contribution in [3.63, 3.8) is 0 Å². The van der Waals surface area contributed by atoms with Crippen LogP contribution in [0.25, 0.3) is 0 Å². The first-order valence-electron chi connectivity index (χ1n) is 3.21. The van der Waals surface area contributed by atoms with E-state index < -0.39 is 0 Å². The highest BCUT2D eigenvalue weighted by Crippen LogP contribution is 2.21. The molecule has 0 radical (unpaired) electrons. The van der Waals surface area contributed by atoms with E-state index in [-0.39, 0.29) is 5.41 Å². The Kier molecular flexibility index (Phi) is 3.95. The minimum atomic E-state index is -0.202. The average molecular weight is 249 g/mol. The topological polar surface area (TPSA) is 23.8 Å².